The number of halogens is 2. The summed E-state index contributed by atoms with van der Waals surface area (Å²) in [6.45, 7) is 0. The van der Waals surface area contributed by atoms with Gasteiger partial charge in [-0.1, -0.05) is 12.1 Å². The van der Waals surface area contributed by atoms with Crippen molar-refractivity contribution in [2.45, 2.75) is 0 Å². The van der Waals surface area contributed by atoms with E-state index in [2.05, 4.69) is 11.1 Å². The lowest BCUT2D eigenvalue weighted by Crippen LogP contribution is -1.83. The lowest BCUT2D eigenvalue weighted by atomic mass is 10.1. The first kappa shape index (κ1) is 15.1. The van der Waals surface area contributed by atoms with Gasteiger partial charge >= 0.3 is 0 Å². The summed E-state index contributed by atoms with van der Waals surface area (Å²) >= 11 is 1.33. The maximum atomic E-state index is 13.0. The molecule has 0 saturated heterocycles. The second-order valence-electron chi connectivity index (χ2n) is 4.77. The van der Waals surface area contributed by atoms with Gasteiger partial charge in [0.1, 0.15) is 22.7 Å². The Morgan fingerprint density at radius 3 is 2.22 bits per heavy atom. The molecule has 23 heavy (non-hydrogen) atoms. The van der Waals surface area contributed by atoms with Gasteiger partial charge in [0.05, 0.1) is 11.3 Å². The summed E-state index contributed by atoms with van der Waals surface area (Å²) in [5.41, 5.74) is 2.59. The summed E-state index contributed by atoms with van der Waals surface area (Å²) in [5.74, 6) is -0.633. The van der Waals surface area contributed by atoms with Crippen LogP contribution in [0.5, 0.6) is 0 Å². The van der Waals surface area contributed by atoms with Gasteiger partial charge in [-0.25, -0.2) is 13.8 Å². The minimum Gasteiger partial charge on any atom is -0.235 e. The topological polar surface area (TPSA) is 36.7 Å². The summed E-state index contributed by atoms with van der Waals surface area (Å²) in [7, 11) is 0. The number of aromatic nitrogens is 1. The molecule has 5 heteroatoms. The first-order valence-electron chi connectivity index (χ1n) is 6.75. The number of nitrogens with zero attached hydrogens (tertiary/aromatic N) is 2. The molecule has 3 rings (SSSR count). The van der Waals surface area contributed by atoms with E-state index in [4.69, 9.17) is 0 Å². The van der Waals surface area contributed by atoms with Gasteiger partial charge in [0.25, 0.3) is 0 Å². The molecule has 1 heterocycles. The molecule has 0 saturated carbocycles. The van der Waals surface area contributed by atoms with Crippen molar-refractivity contribution in [2.24, 2.45) is 0 Å². The molecule has 1 aromatic heterocycles. The Bertz CT molecular complexity index is 888. The van der Waals surface area contributed by atoms with Crippen molar-refractivity contribution in [3.63, 3.8) is 0 Å². The lowest BCUT2D eigenvalue weighted by Gasteiger charge is -1.97. The molecule has 0 fully saturated rings. The highest BCUT2D eigenvalue weighted by molar-refractivity contribution is 7.11. The molecule has 0 aliphatic heterocycles. The summed E-state index contributed by atoms with van der Waals surface area (Å²) in [6.07, 6.45) is 1.66. The SMILES string of the molecule is N#C/C(=C\c1ccc(F)cc1)c1nc(-c2ccc(F)cc2)cs1. The van der Waals surface area contributed by atoms with Crippen molar-refractivity contribution in [2.75, 3.05) is 0 Å². The molecule has 2 aromatic carbocycles. The van der Waals surface area contributed by atoms with E-state index >= 15 is 0 Å². The number of hydrogen-bond donors (Lipinski definition) is 0. The zero-order chi connectivity index (χ0) is 16.2. The van der Waals surface area contributed by atoms with Crippen LogP contribution >= 0.6 is 11.3 Å². The fourth-order valence-electron chi connectivity index (χ4n) is 2.02. The van der Waals surface area contributed by atoms with Gasteiger partial charge in [-0.3, -0.25) is 0 Å². The Morgan fingerprint density at radius 2 is 1.61 bits per heavy atom. The van der Waals surface area contributed by atoms with Crippen molar-refractivity contribution in [3.05, 3.63) is 76.1 Å². The number of allylic oxidation sites excluding steroid dienone is 1. The molecule has 0 aliphatic carbocycles. The van der Waals surface area contributed by atoms with Gasteiger partial charge < -0.3 is 0 Å². The van der Waals surface area contributed by atoms with E-state index in [0.717, 1.165) is 11.1 Å². The van der Waals surface area contributed by atoms with Crippen LogP contribution in [0.3, 0.4) is 0 Å². The van der Waals surface area contributed by atoms with Crippen molar-refractivity contribution in [3.8, 4) is 17.3 Å². The number of nitriles is 1. The number of benzene rings is 2. The van der Waals surface area contributed by atoms with Crippen LogP contribution < -0.4 is 0 Å². The molecule has 0 spiro atoms. The zero-order valence-electron chi connectivity index (χ0n) is 11.8. The van der Waals surface area contributed by atoms with E-state index < -0.39 is 0 Å². The van der Waals surface area contributed by atoms with Crippen LogP contribution in [0.25, 0.3) is 22.9 Å². The number of thiazole rings is 1. The van der Waals surface area contributed by atoms with Crippen LogP contribution in [-0.2, 0) is 0 Å². The number of hydrogen-bond acceptors (Lipinski definition) is 3. The summed E-state index contributed by atoms with van der Waals surface area (Å²) in [5, 5.41) is 11.7. The van der Waals surface area contributed by atoms with E-state index in [0.29, 0.717) is 16.3 Å². The highest BCUT2D eigenvalue weighted by Crippen LogP contribution is 2.27. The fourth-order valence-corrected chi connectivity index (χ4v) is 2.81. The first-order valence-corrected chi connectivity index (χ1v) is 7.63. The van der Waals surface area contributed by atoms with E-state index in [1.54, 1.807) is 30.3 Å². The van der Waals surface area contributed by atoms with Crippen LogP contribution in [0, 0.1) is 23.0 Å². The summed E-state index contributed by atoms with van der Waals surface area (Å²) < 4.78 is 25.9. The normalized spacial score (nSPS) is 11.3. The molecular formula is C18H10F2N2S. The summed E-state index contributed by atoms with van der Waals surface area (Å²) in [6, 6.07) is 14.0. The van der Waals surface area contributed by atoms with Gasteiger partial charge in [-0.05, 0) is 48.0 Å². The zero-order valence-corrected chi connectivity index (χ0v) is 12.6. The van der Waals surface area contributed by atoms with E-state index in [1.165, 1.54) is 35.6 Å². The second-order valence-corrected chi connectivity index (χ2v) is 5.62. The Hall–Kier alpha value is -2.84. The van der Waals surface area contributed by atoms with Gasteiger partial charge in [-0.2, -0.15) is 5.26 Å². The summed E-state index contributed by atoms with van der Waals surface area (Å²) in [4.78, 5) is 4.43. The van der Waals surface area contributed by atoms with E-state index in [1.807, 2.05) is 5.38 Å². The standard InChI is InChI=1S/C18H10F2N2S/c19-15-5-1-12(2-6-15)9-14(10-21)18-22-17(11-23-18)13-3-7-16(20)8-4-13/h1-9,11H/b14-9+. The molecule has 0 bridgehead atoms. The fraction of sp³-hybridized carbons (Fsp3) is 0. The Morgan fingerprint density at radius 1 is 1.00 bits per heavy atom. The largest absolute Gasteiger partial charge is 0.235 e. The van der Waals surface area contributed by atoms with Crippen LogP contribution in [0.1, 0.15) is 10.6 Å². The van der Waals surface area contributed by atoms with Gasteiger partial charge in [-0.15, -0.1) is 11.3 Å². The minimum atomic E-state index is -0.325. The molecule has 112 valence electrons. The van der Waals surface area contributed by atoms with Gasteiger partial charge in [0, 0.05) is 10.9 Å². The smallest absolute Gasteiger partial charge is 0.134 e. The molecular weight excluding hydrogens is 314 g/mol. The van der Waals surface area contributed by atoms with Gasteiger partial charge in [0.2, 0.25) is 0 Å². The monoisotopic (exact) mass is 324 g/mol. The first-order chi connectivity index (χ1) is 11.2. The molecule has 0 unspecified atom stereocenters. The third kappa shape index (κ3) is 3.50. The molecule has 0 amide bonds. The van der Waals surface area contributed by atoms with Crippen LogP contribution in [-0.4, -0.2) is 4.98 Å². The third-order valence-corrected chi connectivity index (χ3v) is 4.05. The second kappa shape index (κ2) is 6.51. The van der Waals surface area contributed by atoms with Crippen LogP contribution in [0.4, 0.5) is 8.78 Å². The minimum absolute atomic E-state index is 0.307. The molecule has 0 aliphatic rings. The maximum Gasteiger partial charge on any atom is 0.134 e. The molecule has 2 nitrogen and oxygen atoms in total. The Labute approximate surface area is 136 Å². The molecule has 0 atom stereocenters. The van der Waals surface area contributed by atoms with Crippen molar-refractivity contribution in [1.82, 2.24) is 4.98 Å². The average Bonchev–Trinajstić information content (AvgIpc) is 3.05. The van der Waals surface area contributed by atoms with E-state index in [9.17, 15) is 14.0 Å². The quantitative estimate of drug-likeness (QED) is 0.625. The van der Waals surface area contributed by atoms with Crippen molar-refractivity contribution < 1.29 is 8.78 Å². The van der Waals surface area contributed by atoms with E-state index in [-0.39, 0.29) is 11.6 Å². The van der Waals surface area contributed by atoms with Crippen molar-refractivity contribution >= 4 is 23.0 Å². The van der Waals surface area contributed by atoms with Crippen molar-refractivity contribution in [1.29, 1.82) is 5.26 Å². The predicted octanol–water partition coefficient (Wildman–Crippen LogP) is 5.15. The third-order valence-electron chi connectivity index (χ3n) is 3.18. The molecule has 0 N–H and O–H groups in total. The van der Waals surface area contributed by atoms with Crippen LogP contribution in [0.15, 0.2) is 53.9 Å². The number of rotatable bonds is 3. The highest BCUT2D eigenvalue weighted by Gasteiger charge is 2.09. The Kier molecular flexibility index (Phi) is 4.26. The van der Waals surface area contributed by atoms with Gasteiger partial charge in [0.15, 0.2) is 0 Å². The molecule has 0 radical (unpaired) electrons. The molecule has 3 aromatic rings. The predicted molar refractivity (Wildman–Crippen MR) is 87.4 cm³/mol. The average molecular weight is 324 g/mol. The van der Waals surface area contributed by atoms with Crippen LogP contribution in [0.2, 0.25) is 0 Å². The highest BCUT2D eigenvalue weighted by atomic mass is 32.1. The Balaban J connectivity index is 1.92. The lowest BCUT2D eigenvalue weighted by molar-refractivity contribution is 0.627. The maximum absolute atomic E-state index is 13.0.